The fourth-order valence-corrected chi connectivity index (χ4v) is 7.80. The lowest BCUT2D eigenvalue weighted by Crippen LogP contribution is -2.25. The summed E-state index contributed by atoms with van der Waals surface area (Å²) in [6.45, 7) is 4.66. The molecule has 2 nitrogen and oxygen atoms in total. The van der Waals surface area contributed by atoms with Gasteiger partial charge < -0.3 is 0 Å². The number of unbranched alkanes of at least 4 members (excludes halogenated alkanes) is 4. The number of rotatable bonds is 11. The van der Waals surface area contributed by atoms with E-state index in [-0.39, 0.29) is 0 Å². The molecular weight excluding hydrogens is 412 g/mol. The highest BCUT2D eigenvalue weighted by Crippen LogP contribution is 2.44. The minimum absolute atomic E-state index is 0.615. The first kappa shape index (κ1) is 26.2. The van der Waals surface area contributed by atoms with Gasteiger partial charge in [-0.05, 0) is 99.4 Å². The topological polar surface area (TPSA) is 25.8 Å². The normalized spacial score (nSPS) is 32.5. The van der Waals surface area contributed by atoms with Gasteiger partial charge in [-0.15, -0.1) is 0 Å². The van der Waals surface area contributed by atoms with Crippen molar-refractivity contribution in [3.63, 3.8) is 0 Å². The van der Waals surface area contributed by atoms with Crippen LogP contribution in [0.4, 0.5) is 0 Å². The smallest absolute Gasteiger partial charge is 0.131 e. The molecular formula is C32H54N2. The van der Waals surface area contributed by atoms with Crippen molar-refractivity contribution in [3.8, 4) is 0 Å². The molecule has 0 amide bonds. The van der Waals surface area contributed by atoms with E-state index in [0.29, 0.717) is 11.8 Å². The van der Waals surface area contributed by atoms with Crippen molar-refractivity contribution in [2.24, 2.45) is 23.7 Å². The van der Waals surface area contributed by atoms with Crippen molar-refractivity contribution >= 4 is 0 Å². The van der Waals surface area contributed by atoms with Crippen molar-refractivity contribution in [2.45, 2.75) is 154 Å². The van der Waals surface area contributed by atoms with Gasteiger partial charge in [-0.2, -0.15) is 0 Å². The third-order valence-electron chi connectivity index (χ3n) is 10.1. The molecule has 0 saturated heterocycles. The van der Waals surface area contributed by atoms with Crippen molar-refractivity contribution in [2.75, 3.05) is 0 Å². The molecule has 0 aliphatic heterocycles. The summed E-state index contributed by atoms with van der Waals surface area (Å²) in [7, 11) is 0. The van der Waals surface area contributed by atoms with Crippen LogP contribution in [0, 0.1) is 23.7 Å². The molecule has 0 atom stereocenters. The van der Waals surface area contributed by atoms with Gasteiger partial charge in [0.2, 0.25) is 0 Å². The van der Waals surface area contributed by atoms with Crippen LogP contribution in [0.3, 0.4) is 0 Å². The molecule has 0 N–H and O–H groups in total. The van der Waals surface area contributed by atoms with E-state index in [1.165, 1.54) is 134 Å². The largest absolute Gasteiger partial charge is 0.241 e. The Bertz CT molecular complexity index is 659. The number of hydrogen-bond acceptors (Lipinski definition) is 2. The zero-order valence-electron chi connectivity index (χ0n) is 22.7. The highest BCUT2D eigenvalue weighted by atomic mass is 14.9. The molecule has 2 heteroatoms. The molecule has 34 heavy (non-hydrogen) atoms. The average molecular weight is 467 g/mol. The Morgan fingerprint density at radius 2 is 1.09 bits per heavy atom. The van der Waals surface area contributed by atoms with Crippen LogP contribution in [-0.4, -0.2) is 9.97 Å². The second-order valence-electron chi connectivity index (χ2n) is 12.5. The quantitative estimate of drug-likeness (QED) is 0.303. The second-order valence-corrected chi connectivity index (χ2v) is 12.5. The van der Waals surface area contributed by atoms with Crippen LogP contribution < -0.4 is 0 Å². The molecule has 0 unspecified atom stereocenters. The van der Waals surface area contributed by atoms with Gasteiger partial charge in [0.15, 0.2) is 0 Å². The first-order valence-corrected chi connectivity index (χ1v) is 15.6. The van der Waals surface area contributed by atoms with Crippen LogP contribution in [0.1, 0.15) is 165 Å². The molecule has 192 valence electrons. The van der Waals surface area contributed by atoms with E-state index in [1.54, 1.807) is 0 Å². The van der Waals surface area contributed by atoms with Crippen LogP contribution in [0.5, 0.6) is 0 Å². The molecule has 0 bridgehead atoms. The molecule has 0 radical (unpaired) electrons. The third-order valence-corrected chi connectivity index (χ3v) is 10.1. The fourth-order valence-electron chi connectivity index (χ4n) is 7.80. The van der Waals surface area contributed by atoms with Crippen LogP contribution >= 0.6 is 0 Å². The van der Waals surface area contributed by atoms with Crippen molar-refractivity contribution < 1.29 is 0 Å². The summed E-state index contributed by atoms with van der Waals surface area (Å²) in [5.41, 5.74) is 1.43. The number of hydrogen-bond donors (Lipinski definition) is 0. The minimum Gasteiger partial charge on any atom is -0.241 e. The van der Waals surface area contributed by atoms with E-state index in [0.717, 1.165) is 29.5 Å². The van der Waals surface area contributed by atoms with Crippen LogP contribution in [0.25, 0.3) is 0 Å². The van der Waals surface area contributed by atoms with Crippen molar-refractivity contribution in [1.29, 1.82) is 0 Å². The molecule has 4 rings (SSSR count). The Kier molecular flexibility index (Phi) is 10.8. The highest BCUT2D eigenvalue weighted by Gasteiger charge is 2.31. The van der Waals surface area contributed by atoms with Crippen molar-refractivity contribution in [3.05, 3.63) is 23.8 Å². The maximum atomic E-state index is 4.92. The standard InChI is InChI=1S/C32H54N2/c1-3-5-6-7-8-10-26-13-17-30(18-14-26)32-33-23-31(24-34-32)29-21-19-28(20-22-29)27-15-11-25(9-4-2)12-16-27/h23-30H,3-22H2,1-2H3/t25-,26-,27-,28-,29-,30-. The van der Waals surface area contributed by atoms with E-state index < -0.39 is 0 Å². The minimum atomic E-state index is 0.615. The van der Waals surface area contributed by atoms with Crippen molar-refractivity contribution in [1.82, 2.24) is 9.97 Å². The maximum Gasteiger partial charge on any atom is 0.131 e. The van der Waals surface area contributed by atoms with E-state index in [1.807, 2.05) is 0 Å². The van der Waals surface area contributed by atoms with E-state index in [2.05, 4.69) is 26.2 Å². The lowest BCUT2D eigenvalue weighted by molar-refractivity contribution is 0.156. The SMILES string of the molecule is CCCCCCC[C@H]1CC[C@H](c2ncc([C@H]3CC[C@H]([C@H]4CC[C@H](CCC)CC4)CC3)cn2)CC1. The first-order valence-electron chi connectivity index (χ1n) is 15.6. The summed E-state index contributed by atoms with van der Waals surface area (Å²) >= 11 is 0. The van der Waals surface area contributed by atoms with Crippen LogP contribution in [-0.2, 0) is 0 Å². The molecule has 0 aromatic carbocycles. The first-order chi connectivity index (χ1) is 16.8. The second kappa shape index (κ2) is 14.0. The number of nitrogens with zero attached hydrogens (tertiary/aromatic N) is 2. The highest BCUT2D eigenvalue weighted by molar-refractivity contribution is 5.14. The third kappa shape index (κ3) is 7.54. The van der Waals surface area contributed by atoms with Gasteiger partial charge in [0.25, 0.3) is 0 Å². The Hall–Kier alpha value is -0.920. The molecule has 1 aromatic rings. The van der Waals surface area contributed by atoms with E-state index in [4.69, 9.17) is 9.97 Å². The Morgan fingerprint density at radius 1 is 0.559 bits per heavy atom. The predicted molar refractivity (Wildman–Crippen MR) is 145 cm³/mol. The Labute approximate surface area is 211 Å². The molecule has 3 aliphatic rings. The maximum absolute atomic E-state index is 4.92. The molecule has 3 fully saturated rings. The summed E-state index contributed by atoms with van der Waals surface area (Å²) in [5.74, 6) is 6.50. The zero-order chi connectivity index (χ0) is 23.6. The number of aromatic nitrogens is 2. The molecule has 1 heterocycles. The lowest BCUT2D eigenvalue weighted by atomic mass is 9.68. The lowest BCUT2D eigenvalue weighted by Gasteiger charge is -2.38. The monoisotopic (exact) mass is 466 g/mol. The summed E-state index contributed by atoms with van der Waals surface area (Å²) in [6.07, 6.45) is 32.9. The molecule has 1 aromatic heterocycles. The van der Waals surface area contributed by atoms with Gasteiger partial charge >= 0.3 is 0 Å². The van der Waals surface area contributed by atoms with Gasteiger partial charge in [0.05, 0.1) is 0 Å². The zero-order valence-corrected chi connectivity index (χ0v) is 22.7. The van der Waals surface area contributed by atoms with Crippen LogP contribution in [0.15, 0.2) is 12.4 Å². The van der Waals surface area contributed by atoms with Crippen LogP contribution in [0.2, 0.25) is 0 Å². The summed E-state index contributed by atoms with van der Waals surface area (Å²) in [6, 6.07) is 0. The molecule has 0 spiro atoms. The van der Waals surface area contributed by atoms with Gasteiger partial charge in [-0.25, -0.2) is 9.97 Å². The average Bonchev–Trinajstić information content (AvgIpc) is 2.90. The fraction of sp³-hybridized carbons (Fsp3) is 0.875. The molecule has 3 aliphatic carbocycles. The predicted octanol–water partition coefficient (Wildman–Crippen LogP) is 9.99. The summed E-state index contributed by atoms with van der Waals surface area (Å²) in [5, 5.41) is 0. The molecule has 3 saturated carbocycles. The summed E-state index contributed by atoms with van der Waals surface area (Å²) < 4.78 is 0. The van der Waals surface area contributed by atoms with Gasteiger partial charge in [0, 0.05) is 18.3 Å². The van der Waals surface area contributed by atoms with Gasteiger partial charge in [0.1, 0.15) is 5.82 Å². The Balaban J connectivity index is 1.16. The summed E-state index contributed by atoms with van der Waals surface area (Å²) in [4.78, 5) is 9.84. The van der Waals surface area contributed by atoms with Gasteiger partial charge in [-0.3, -0.25) is 0 Å². The Morgan fingerprint density at radius 3 is 1.71 bits per heavy atom. The van der Waals surface area contributed by atoms with E-state index in [9.17, 15) is 0 Å². The van der Waals surface area contributed by atoms with Gasteiger partial charge in [-0.1, -0.05) is 78.1 Å². The van der Waals surface area contributed by atoms with E-state index >= 15 is 0 Å².